The molecule has 2 unspecified atom stereocenters. The van der Waals surface area contributed by atoms with E-state index in [1.807, 2.05) is 6.08 Å². The van der Waals surface area contributed by atoms with Crippen LogP contribution in [0, 0.1) is 0 Å². The van der Waals surface area contributed by atoms with E-state index in [-0.39, 0.29) is 12.5 Å². The van der Waals surface area contributed by atoms with Gasteiger partial charge in [0.1, 0.15) is 0 Å². The molecule has 0 saturated carbocycles. The fourth-order valence-corrected chi connectivity index (χ4v) is 10.7. The van der Waals surface area contributed by atoms with Crippen molar-refractivity contribution in [3.05, 3.63) is 24.3 Å². The molecule has 0 aliphatic carbocycles. The number of carbonyl (C=O) groups is 1. The average molecular weight is 999 g/mol. The van der Waals surface area contributed by atoms with Crippen LogP contribution in [0.25, 0.3) is 0 Å². The lowest BCUT2D eigenvalue weighted by Gasteiger charge is -2.20. The molecule has 0 spiro atoms. The number of rotatable bonds is 62. The Morgan fingerprint density at radius 1 is 0.324 bits per heavy atom. The zero-order valence-corrected chi connectivity index (χ0v) is 48.8. The lowest BCUT2D eigenvalue weighted by atomic mass is 10.0. The van der Waals surface area contributed by atoms with E-state index in [2.05, 4.69) is 31.3 Å². The van der Waals surface area contributed by atoms with Crippen molar-refractivity contribution >= 4 is 5.91 Å². The summed E-state index contributed by atoms with van der Waals surface area (Å²) in [6.07, 6.45) is 85.4. The molecule has 3 N–H and O–H groups in total. The molecule has 71 heavy (non-hydrogen) atoms. The fraction of sp³-hybridized carbons (Fsp3) is 0.925. The summed E-state index contributed by atoms with van der Waals surface area (Å²) >= 11 is 0. The van der Waals surface area contributed by atoms with Crippen molar-refractivity contribution in [1.82, 2.24) is 5.32 Å². The fourth-order valence-electron chi connectivity index (χ4n) is 10.7. The van der Waals surface area contributed by atoms with Crippen LogP contribution >= 0.6 is 0 Å². The largest absolute Gasteiger partial charge is 0.394 e. The van der Waals surface area contributed by atoms with E-state index in [4.69, 9.17) is 0 Å². The van der Waals surface area contributed by atoms with Crippen molar-refractivity contribution in [2.24, 2.45) is 0 Å². The smallest absolute Gasteiger partial charge is 0.220 e. The minimum absolute atomic E-state index is 0.0552. The van der Waals surface area contributed by atoms with Gasteiger partial charge in [-0.15, -0.1) is 0 Å². The zero-order valence-electron chi connectivity index (χ0n) is 48.8. The van der Waals surface area contributed by atoms with Gasteiger partial charge in [-0.1, -0.05) is 353 Å². The topological polar surface area (TPSA) is 69.6 Å². The van der Waals surface area contributed by atoms with Crippen molar-refractivity contribution < 1.29 is 15.0 Å². The number of amides is 1. The number of hydrogen-bond donors (Lipinski definition) is 3. The van der Waals surface area contributed by atoms with Crippen LogP contribution in [0.3, 0.4) is 0 Å². The van der Waals surface area contributed by atoms with Crippen LogP contribution in [-0.4, -0.2) is 34.9 Å². The summed E-state index contributed by atoms with van der Waals surface area (Å²) in [5.74, 6) is -0.0552. The third-order valence-electron chi connectivity index (χ3n) is 15.7. The molecule has 2 atom stereocenters. The second kappa shape index (κ2) is 63.2. The molecule has 0 aromatic carbocycles. The summed E-state index contributed by atoms with van der Waals surface area (Å²) in [5, 5.41) is 23.3. The van der Waals surface area contributed by atoms with Gasteiger partial charge in [0, 0.05) is 6.42 Å². The number of aliphatic hydroxyl groups excluding tert-OH is 2. The van der Waals surface area contributed by atoms with Crippen LogP contribution in [0.4, 0.5) is 0 Å². The SMILES string of the molecule is CCCCCCCCCC/C=C\CCCCCCCCCCCCCCCCCCCCCC(=O)NC(CO)C(O)/C=C/CCCCCCCCCCCCCCCCCCCCCCCCCCCC. The molecule has 0 aromatic rings. The molecular formula is C67H131NO3. The van der Waals surface area contributed by atoms with Gasteiger partial charge in [0.15, 0.2) is 0 Å². The van der Waals surface area contributed by atoms with Crippen LogP contribution in [0.5, 0.6) is 0 Å². The molecule has 0 aliphatic rings. The highest BCUT2D eigenvalue weighted by atomic mass is 16.3. The molecule has 422 valence electrons. The highest BCUT2D eigenvalue weighted by molar-refractivity contribution is 5.76. The summed E-state index contributed by atoms with van der Waals surface area (Å²) in [7, 11) is 0. The predicted molar refractivity (Wildman–Crippen MR) is 318 cm³/mol. The van der Waals surface area contributed by atoms with E-state index in [1.54, 1.807) is 6.08 Å². The zero-order chi connectivity index (χ0) is 51.3. The van der Waals surface area contributed by atoms with Crippen molar-refractivity contribution in [1.29, 1.82) is 0 Å². The number of carbonyl (C=O) groups excluding carboxylic acids is 1. The van der Waals surface area contributed by atoms with Crippen LogP contribution < -0.4 is 5.32 Å². The summed E-state index contributed by atoms with van der Waals surface area (Å²) < 4.78 is 0. The van der Waals surface area contributed by atoms with Gasteiger partial charge in [-0.05, 0) is 44.9 Å². The second-order valence-corrected chi connectivity index (χ2v) is 22.9. The lowest BCUT2D eigenvalue weighted by molar-refractivity contribution is -0.123. The minimum Gasteiger partial charge on any atom is -0.394 e. The molecule has 4 heteroatoms. The van der Waals surface area contributed by atoms with Crippen LogP contribution in [0.15, 0.2) is 24.3 Å². The van der Waals surface area contributed by atoms with E-state index < -0.39 is 12.1 Å². The van der Waals surface area contributed by atoms with Crippen LogP contribution in [0.1, 0.15) is 380 Å². The third-order valence-corrected chi connectivity index (χ3v) is 15.7. The Morgan fingerprint density at radius 2 is 0.535 bits per heavy atom. The van der Waals surface area contributed by atoms with Gasteiger partial charge < -0.3 is 15.5 Å². The Morgan fingerprint density at radius 3 is 0.775 bits per heavy atom. The Labute approximate surface area is 447 Å². The molecule has 0 rings (SSSR count). The maximum Gasteiger partial charge on any atom is 0.220 e. The first kappa shape index (κ1) is 69.9. The van der Waals surface area contributed by atoms with Gasteiger partial charge >= 0.3 is 0 Å². The number of allylic oxidation sites excluding steroid dienone is 3. The predicted octanol–water partition coefficient (Wildman–Crippen LogP) is 22.2. The molecule has 0 aromatic heterocycles. The van der Waals surface area contributed by atoms with Gasteiger partial charge in [0.25, 0.3) is 0 Å². The van der Waals surface area contributed by atoms with E-state index >= 15 is 0 Å². The molecule has 0 fully saturated rings. The number of unbranched alkanes of at least 4 members (excludes halogenated alkanes) is 53. The molecule has 0 bridgehead atoms. The minimum atomic E-state index is -0.838. The molecule has 0 radical (unpaired) electrons. The van der Waals surface area contributed by atoms with Gasteiger partial charge in [-0.25, -0.2) is 0 Å². The monoisotopic (exact) mass is 998 g/mol. The average Bonchev–Trinajstić information content (AvgIpc) is 3.37. The second-order valence-electron chi connectivity index (χ2n) is 22.9. The Balaban J connectivity index is 3.42. The normalized spacial score (nSPS) is 12.8. The lowest BCUT2D eigenvalue weighted by Crippen LogP contribution is -2.45. The van der Waals surface area contributed by atoms with E-state index in [1.165, 1.54) is 334 Å². The third kappa shape index (κ3) is 59.6. The van der Waals surface area contributed by atoms with Crippen LogP contribution in [0.2, 0.25) is 0 Å². The Bertz CT molecular complexity index is 1040. The first-order chi connectivity index (χ1) is 35.2. The van der Waals surface area contributed by atoms with Crippen molar-refractivity contribution in [2.45, 2.75) is 392 Å². The number of aliphatic hydroxyl groups is 2. The molecule has 0 saturated heterocycles. The van der Waals surface area contributed by atoms with Gasteiger partial charge in [0.05, 0.1) is 18.8 Å². The van der Waals surface area contributed by atoms with Gasteiger partial charge in [0.2, 0.25) is 5.91 Å². The molecule has 0 aliphatic heterocycles. The summed E-state index contributed by atoms with van der Waals surface area (Å²) in [6, 6.07) is -0.621. The summed E-state index contributed by atoms with van der Waals surface area (Å²) in [5.41, 5.74) is 0. The highest BCUT2D eigenvalue weighted by Gasteiger charge is 2.18. The van der Waals surface area contributed by atoms with Crippen LogP contribution in [-0.2, 0) is 4.79 Å². The number of hydrogen-bond acceptors (Lipinski definition) is 3. The molecule has 0 heterocycles. The maximum atomic E-state index is 12.5. The first-order valence-electron chi connectivity index (χ1n) is 33.1. The quantitative estimate of drug-likeness (QED) is 0.0420. The van der Waals surface area contributed by atoms with E-state index in [0.29, 0.717) is 6.42 Å². The Kier molecular flexibility index (Phi) is 62.2. The summed E-state index contributed by atoms with van der Waals surface area (Å²) in [6.45, 7) is 4.36. The highest BCUT2D eigenvalue weighted by Crippen LogP contribution is 2.19. The maximum absolute atomic E-state index is 12.5. The van der Waals surface area contributed by atoms with Crippen molar-refractivity contribution in [2.75, 3.05) is 6.61 Å². The van der Waals surface area contributed by atoms with Crippen molar-refractivity contribution in [3.8, 4) is 0 Å². The molecule has 4 nitrogen and oxygen atoms in total. The van der Waals surface area contributed by atoms with Crippen molar-refractivity contribution in [3.63, 3.8) is 0 Å². The van der Waals surface area contributed by atoms with Gasteiger partial charge in [-0.3, -0.25) is 4.79 Å². The Hall–Kier alpha value is -1.13. The molecule has 1 amide bonds. The van der Waals surface area contributed by atoms with Gasteiger partial charge in [-0.2, -0.15) is 0 Å². The molecular weight excluding hydrogens is 867 g/mol. The first-order valence-corrected chi connectivity index (χ1v) is 33.1. The number of nitrogens with one attached hydrogen (secondary N) is 1. The van der Waals surface area contributed by atoms with E-state index in [0.717, 1.165) is 25.7 Å². The summed E-state index contributed by atoms with van der Waals surface area (Å²) in [4.78, 5) is 12.5. The van der Waals surface area contributed by atoms with E-state index in [9.17, 15) is 15.0 Å². The standard InChI is InChI=1S/C67H131NO3/c1-3-5-7-9-11-13-15-17-19-21-23-25-27-29-31-33-34-35-37-39-41-43-45-47-49-51-53-55-57-59-61-63-67(71)68-65(64-69)66(70)62-60-58-56-54-52-50-48-46-44-42-40-38-36-32-30-28-26-24-22-20-18-16-14-12-10-8-6-4-2/h21,23,60,62,65-66,69-70H,3-20,22,24-59,61,63-64H2,1-2H3,(H,68,71)/b23-21-,62-60+.